The molecule has 2 bridgehead atoms. The van der Waals surface area contributed by atoms with E-state index in [1.54, 1.807) is 0 Å². The average molecular weight is 170 g/mol. The molecule has 3 unspecified atom stereocenters. The SMILES string of the molecule is COC(=O)C12CCN(CC1N)C2. The number of hydrogen-bond donors (Lipinski definition) is 1. The van der Waals surface area contributed by atoms with E-state index in [1.165, 1.54) is 7.11 Å². The second kappa shape index (κ2) is 2.44. The molecule has 0 saturated carbocycles. The van der Waals surface area contributed by atoms with Gasteiger partial charge in [0.1, 0.15) is 0 Å². The van der Waals surface area contributed by atoms with Crippen LogP contribution >= 0.6 is 0 Å². The van der Waals surface area contributed by atoms with E-state index < -0.39 is 0 Å². The van der Waals surface area contributed by atoms with Crippen LogP contribution in [0.1, 0.15) is 6.42 Å². The third-order valence-corrected chi connectivity index (χ3v) is 3.14. The van der Waals surface area contributed by atoms with E-state index in [0.717, 1.165) is 26.1 Å². The first-order valence-corrected chi connectivity index (χ1v) is 4.25. The molecule has 0 amide bonds. The lowest BCUT2D eigenvalue weighted by Gasteiger charge is -2.28. The third-order valence-electron chi connectivity index (χ3n) is 3.14. The summed E-state index contributed by atoms with van der Waals surface area (Å²) in [7, 11) is 1.44. The van der Waals surface area contributed by atoms with Crippen molar-refractivity contribution < 1.29 is 9.53 Å². The van der Waals surface area contributed by atoms with Crippen molar-refractivity contribution in [3.05, 3.63) is 0 Å². The lowest BCUT2D eigenvalue weighted by molar-refractivity contribution is -0.152. The molecule has 2 aliphatic rings. The van der Waals surface area contributed by atoms with Crippen molar-refractivity contribution in [3.8, 4) is 0 Å². The Balaban J connectivity index is 2.23. The zero-order valence-electron chi connectivity index (χ0n) is 7.25. The molecule has 3 atom stereocenters. The second-order valence-electron chi connectivity index (χ2n) is 3.74. The van der Waals surface area contributed by atoms with E-state index in [2.05, 4.69) is 4.90 Å². The molecule has 2 heterocycles. The molecule has 0 spiro atoms. The van der Waals surface area contributed by atoms with Gasteiger partial charge in [-0.2, -0.15) is 0 Å². The van der Waals surface area contributed by atoms with Crippen molar-refractivity contribution >= 4 is 5.97 Å². The standard InChI is InChI=1S/C8H14N2O2/c1-12-7(11)8-2-3-10(5-8)4-6(8)9/h6H,2-5,9H2,1H3. The summed E-state index contributed by atoms with van der Waals surface area (Å²) in [5.74, 6) is -0.130. The zero-order chi connectivity index (χ0) is 8.77. The fourth-order valence-corrected chi connectivity index (χ4v) is 2.35. The van der Waals surface area contributed by atoms with Crippen LogP contribution in [-0.4, -0.2) is 43.7 Å². The molecule has 2 fully saturated rings. The number of rotatable bonds is 1. The quantitative estimate of drug-likeness (QED) is 0.523. The van der Waals surface area contributed by atoms with Crippen LogP contribution in [0.2, 0.25) is 0 Å². The number of nitrogens with zero attached hydrogens (tertiary/aromatic N) is 1. The van der Waals surface area contributed by atoms with Gasteiger partial charge in [0, 0.05) is 19.1 Å². The molecule has 12 heavy (non-hydrogen) atoms. The normalized spacial score (nSPS) is 44.8. The summed E-state index contributed by atoms with van der Waals surface area (Å²) in [5.41, 5.74) is 5.51. The Bertz CT molecular complexity index is 219. The van der Waals surface area contributed by atoms with Crippen LogP contribution in [-0.2, 0) is 9.53 Å². The molecule has 0 radical (unpaired) electrons. The number of fused-ring (bicyclic) bond motifs is 2. The van der Waals surface area contributed by atoms with E-state index in [1.807, 2.05) is 0 Å². The molecule has 2 aliphatic heterocycles. The van der Waals surface area contributed by atoms with Crippen molar-refractivity contribution in [2.45, 2.75) is 12.5 Å². The van der Waals surface area contributed by atoms with Crippen molar-refractivity contribution in [1.29, 1.82) is 0 Å². The topological polar surface area (TPSA) is 55.6 Å². The lowest BCUT2D eigenvalue weighted by atomic mass is 9.81. The Labute approximate surface area is 71.7 Å². The molecule has 4 nitrogen and oxygen atoms in total. The highest BCUT2D eigenvalue weighted by atomic mass is 16.5. The molecule has 2 saturated heterocycles. The Kier molecular flexibility index (Phi) is 1.63. The first kappa shape index (κ1) is 8.01. The maximum atomic E-state index is 11.5. The number of carbonyl (C=O) groups excluding carboxylic acids is 1. The minimum absolute atomic E-state index is 0.0290. The second-order valence-corrected chi connectivity index (χ2v) is 3.74. The number of piperidine rings is 1. The van der Waals surface area contributed by atoms with E-state index in [-0.39, 0.29) is 17.4 Å². The molecule has 0 aromatic heterocycles. The van der Waals surface area contributed by atoms with Crippen LogP contribution < -0.4 is 5.73 Å². The molecule has 0 aliphatic carbocycles. The first-order valence-electron chi connectivity index (χ1n) is 4.25. The first-order chi connectivity index (χ1) is 5.69. The van der Waals surface area contributed by atoms with E-state index in [0.29, 0.717) is 0 Å². The van der Waals surface area contributed by atoms with Gasteiger partial charge in [-0.1, -0.05) is 0 Å². The molecule has 0 aromatic carbocycles. The molecule has 2 rings (SSSR count). The fourth-order valence-electron chi connectivity index (χ4n) is 2.35. The van der Waals surface area contributed by atoms with Crippen molar-refractivity contribution in [2.24, 2.45) is 11.1 Å². The summed E-state index contributed by atoms with van der Waals surface area (Å²) in [6.07, 6.45) is 0.862. The molecular formula is C8H14N2O2. The van der Waals surface area contributed by atoms with Gasteiger partial charge in [0.05, 0.1) is 12.5 Å². The largest absolute Gasteiger partial charge is 0.469 e. The highest BCUT2D eigenvalue weighted by Gasteiger charge is 2.55. The van der Waals surface area contributed by atoms with E-state index >= 15 is 0 Å². The molecule has 0 aromatic rings. The smallest absolute Gasteiger partial charge is 0.314 e. The van der Waals surface area contributed by atoms with Crippen LogP contribution in [0.25, 0.3) is 0 Å². The van der Waals surface area contributed by atoms with Gasteiger partial charge in [-0.25, -0.2) is 0 Å². The van der Waals surface area contributed by atoms with Gasteiger partial charge in [-0.15, -0.1) is 0 Å². The number of hydrogen-bond acceptors (Lipinski definition) is 4. The Morgan fingerprint density at radius 2 is 2.50 bits per heavy atom. The van der Waals surface area contributed by atoms with Crippen molar-refractivity contribution in [2.75, 3.05) is 26.7 Å². The summed E-state index contributed by atoms with van der Waals surface area (Å²) in [5, 5.41) is 0. The van der Waals surface area contributed by atoms with Gasteiger partial charge in [-0.3, -0.25) is 4.79 Å². The predicted molar refractivity (Wildman–Crippen MR) is 43.5 cm³/mol. The molecule has 2 N–H and O–H groups in total. The lowest BCUT2D eigenvalue weighted by Crippen LogP contribution is -2.48. The summed E-state index contributed by atoms with van der Waals surface area (Å²) in [6.45, 7) is 2.62. The minimum atomic E-state index is -0.380. The van der Waals surface area contributed by atoms with Gasteiger partial charge in [0.15, 0.2) is 0 Å². The van der Waals surface area contributed by atoms with Gasteiger partial charge < -0.3 is 15.4 Å². The summed E-state index contributed by atoms with van der Waals surface area (Å²) < 4.78 is 4.78. The van der Waals surface area contributed by atoms with E-state index in [9.17, 15) is 4.79 Å². The monoisotopic (exact) mass is 170 g/mol. The number of methoxy groups -OCH3 is 1. The predicted octanol–water partition coefficient (Wildman–Crippen LogP) is -0.808. The molecule has 4 heteroatoms. The maximum absolute atomic E-state index is 11.5. The Morgan fingerprint density at radius 1 is 1.75 bits per heavy atom. The van der Waals surface area contributed by atoms with Crippen molar-refractivity contribution in [3.63, 3.8) is 0 Å². The number of carbonyl (C=O) groups is 1. The summed E-state index contributed by atoms with van der Waals surface area (Å²) >= 11 is 0. The minimum Gasteiger partial charge on any atom is -0.469 e. The summed E-state index contributed by atoms with van der Waals surface area (Å²) in [6, 6.07) is -0.0290. The molecule has 68 valence electrons. The Morgan fingerprint density at radius 3 is 2.92 bits per heavy atom. The highest BCUT2D eigenvalue weighted by Crippen LogP contribution is 2.40. The van der Waals surface area contributed by atoms with Gasteiger partial charge in [0.25, 0.3) is 0 Å². The van der Waals surface area contributed by atoms with Crippen LogP contribution in [0.5, 0.6) is 0 Å². The third kappa shape index (κ3) is 0.820. The van der Waals surface area contributed by atoms with Crippen LogP contribution in [0, 0.1) is 5.41 Å². The number of nitrogens with two attached hydrogens (primary N) is 1. The highest BCUT2D eigenvalue weighted by molar-refractivity contribution is 5.79. The average Bonchev–Trinajstić information content (AvgIpc) is 2.60. The van der Waals surface area contributed by atoms with E-state index in [4.69, 9.17) is 10.5 Å². The zero-order valence-corrected chi connectivity index (χ0v) is 7.25. The van der Waals surface area contributed by atoms with Crippen LogP contribution in [0.4, 0.5) is 0 Å². The van der Waals surface area contributed by atoms with Gasteiger partial charge in [0.2, 0.25) is 0 Å². The number of ether oxygens (including phenoxy) is 1. The van der Waals surface area contributed by atoms with Gasteiger partial charge >= 0.3 is 5.97 Å². The summed E-state index contributed by atoms with van der Waals surface area (Å²) in [4.78, 5) is 13.7. The van der Waals surface area contributed by atoms with Crippen LogP contribution in [0.3, 0.4) is 0 Å². The molecular weight excluding hydrogens is 156 g/mol. The van der Waals surface area contributed by atoms with Gasteiger partial charge in [-0.05, 0) is 13.0 Å². The number of esters is 1. The Hall–Kier alpha value is -0.610. The van der Waals surface area contributed by atoms with Crippen LogP contribution in [0.15, 0.2) is 0 Å². The maximum Gasteiger partial charge on any atom is 0.314 e. The van der Waals surface area contributed by atoms with Crippen molar-refractivity contribution in [1.82, 2.24) is 4.90 Å². The fraction of sp³-hybridized carbons (Fsp3) is 0.875.